The summed E-state index contributed by atoms with van der Waals surface area (Å²) in [4.78, 5) is 0. The molecule has 1 heterocycles. The van der Waals surface area contributed by atoms with Crippen LogP contribution in [0, 0.1) is 0 Å². The molecule has 2 fully saturated rings. The monoisotopic (exact) mass is 411 g/mol. The maximum absolute atomic E-state index is 12.2. The van der Waals surface area contributed by atoms with Crippen LogP contribution in [0.5, 0.6) is 5.75 Å². The molecule has 0 aliphatic heterocycles. The molecule has 2 aromatic carbocycles. The van der Waals surface area contributed by atoms with Crippen molar-refractivity contribution in [2.45, 2.75) is 43.4 Å². The van der Waals surface area contributed by atoms with Crippen molar-refractivity contribution in [3.63, 3.8) is 0 Å². The Hall–Kier alpha value is -2.67. The number of fused-ring (bicyclic) bond motifs is 1. The number of benzene rings is 2. The Morgan fingerprint density at radius 3 is 2.38 bits per heavy atom. The molecule has 2 saturated carbocycles. The smallest absolute Gasteiger partial charge is 0.235 e. The second-order valence-electron chi connectivity index (χ2n) is 8.02. The minimum Gasteiger partial charge on any atom is -0.497 e. The van der Waals surface area contributed by atoms with Crippen LogP contribution in [0.1, 0.15) is 38.1 Å². The highest BCUT2D eigenvalue weighted by Crippen LogP contribution is 2.45. The molecule has 0 atom stereocenters. The summed E-state index contributed by atoms with van der Waals surface area (Å²) in [6.45, 7) is 0. The Morgan fingerprint density at radius 2 is 1.79 bits per heavy atom. The van der Waals surface area contributed by atoms with Crippen molar-refractivity contribution in [3.8, 4) is 17.0 Å². The van der Waals surface area contributed by atoms with Crippen LogP contribution in [0.25, 0.3) is 22.2 Å². The fraction of sp³-hybridized carbons (Fsp3) is 0.364. The minimum atomic E-state index is -3.26. The first kappa shape index (κ1) is 18.4. The lowest BCUT2D eigenvalue weighted by atomic mass is 9.92. The SMILES string of the molecule is COc1ccc2c(c1)c(N)c(-c1ccc(NS(=O)(=O)C3CC3)cc1)n2C1CCC1. The Labute approximate surface area is 170 Å². The van der Waals surface area contributed by atoms with Gasteiger partial charge in [0, 0.05) is 22.7 Å². The zero-order chi connectivity index (χ0) is 20.2. The summed E-state index contributed by atoms with van der Waals surface area (Å²) in [6.07, 6.45) is 4.99. The van der Waals surface area contributed by atoms with Crippen molar-refractivity contribution in [3.05, 3.63) is 42.5 Å². The van der Waals surface area contributed by atoms with E-state index >= 15 is 0 Å². The van der Waals surface area contributed by atoms with Crippen molar-refractivity contribution in [2.24, 2.45) is 0 Å². The molecule has 0 spiro atoms. The molecule has 0 unspecified atom stereocenters. The maximum atomic E-state index is 12.2. The van der Waals surface area contributed by atoms with E-state index in [9.17, 15) is 8.42 Å². The predicted octanol–water partition coefficient (Wildman–Crippen LogP) is 4.53. The molecule has 2 aliphatic rings. The van der Waals surface area contributed by atoms with Gasteiger partial charge in [0.05, 0.1) is 29.3 Å². The molecule has 0 saturated heterocycles. The molecule has 152 valence electrons. The van der Waals surface area contributed by atoms with Gasteiger partial charge in [-0.15, -0.1) is 0 Å². The zero-order valence-electron chi connectivity index (χ0n) is 16.4. The normalized spacial score (nSPS) is 17.3. The number of nitrogens with zero attached hydrogens (tertiary/aromatic N) is 1. The van der Waals surface area contributed by atoms with Gasteiger partial charge in [0.1, 0.15) is 5.75 Å². The molecule has 6 nitrogen and oxygen atoms in total. The zero-order valence-corrected chi connectivity index (χ0v) is 17.2. The summed E-state index contributed by atoms with van der Waals surface area (Å²) in [5.41, 5.74) is 11.0. The van der Waals surface area contributed by atoms with Gasteiger partial charge in [0.25, 0.3) is 0 Å². The van der Waals surface area contributed by atoms with Crippen molar-refractivity contribution in [2.75, 3.05) is 17.6 Å². The number of methoxy groups -OCH3 is 1. The van der Waals surface area contributed by atoms with E-state index in [1.165, 1.54) is 6.42 Å². The average molecular weight is 412 g/mol. The largest absolute Gasteiger partial charge is 0.497 e. The fourth-order valence-electron chi connectivity index (χ4n) is 4.09. The van der Waals surface area contributed by atoms with Gasteiger partial charge in [-0.3, -0.25) is 4.72 Å². The van der Waals surface area contributed by atoms with Gasteiger partial charge < -0.3 is 15.0 Å². The molecule has 0 bridgehead atoms. The quantitative estimate of drug-likeness (QED) is 0.624. The van der Waals surface area contributed by atoms with E-state index in [0.717, 1.165) is 59.3 Å². The van der Waals surface area contributed by atoms with Crippen LogP contribution < -0.4 is 15.2 Å². The van der Waals surface area contributed by atoms with E-state index in [2.05, 4.69) is 15.4 Å². The second-order valence-corrected chi connectivity index (χ2v) is 9.98. The van der Waals surface area contributed by atoms with Gasteiger partial charge in [-0.2, -0.15) is 0 Å². The van der Waals surface area contributed by atoms with Crippen molar-refractivity contribution in [1.29, 1.82) is 0 Å². The molecule has 2 aliphatic carbocycles. The van der Waals surface area contributed by atoms with Crippen LogP contribution in [0.3, 0.4) is 0 Å². The highest BCUT2D eigenvalue weighted by atomic mass is 32.2. The van der Waals surface area contributed by atoms with E-state index in [-0.39, 0.29) is 5.25 Å². The summed E-state index contributed by atoms with van der Waals surface area (Å²) in [5, 5.41) is 0.749. The van der Waals surface area contributed by atoms with E-state index in [1.807, 2.05) is 36.4 Å². The lowest BCUT2D eigenvalue weighted by molar-refractivity contribution is 0.324. The molecule has 0 radical (unpaired) electrons. The summed E-state index contributed by atoms with van der Waals surface area (Å²) in [5.74, 6) is 0.784. The van der Waals surface area contributed by atoms with Gasteiger partial charge in [-0.1, -0.05) is 12.1 Å². The topological polar surface area (TPSA) is 86.3 Å². The maximum Gasteiger partial charge on any atom is 0.235 e. The van der Waals surface area contributed by atoms with E-state index in [0.29, 0.717) is 11.7 Å². The lowest BCUT2D eigenvalue weighted by Gasteiger charge is -2.30. The Morgan fingerprint density at radius 1 is 1.07 bits per heavy atom. The van der Waals surface area contributed by atoms with Gasteiger partial charge in [-0.05, 0) is 62.4 Å². The standard InChI is InChI=1S/C22H25N3O3S/c1-28-17-9-12-20-19(13-17)21(23)22(25(20)16-3-2-4-16)14-5-7-15(8-6-14)24-29(26,27)18-10-11-18/h5-9,12-13,16,18,24H,2-4,10-11,23H2,1H3. The number of nitrogens with two attached hydrogens (primary N) is 1. The second kappa shape index (κ2) is 6.69. The van der Waals surface area contributed by atoms with E-state index < -0.39 is 10.0 Å². The Bertz CT molecular complexity index is 1170. The highest BCUT2D eigenvalue weighted by Gasteiger charge is 2.35. The number of hydrogen-bond acceptors (Lipinski definition) is 4. The lowest BCUT2D eigenvalue weighted by Crippen LogP contribution is -2.18. The van der Waals surface area contributed by atoms with Crippen LogP contribution in [0.2, 0.25) is 0 Å². The molecule has 7 heteroatoms. The van der Waals surface area contributed by atoms with Crippen molar-refractivity contribution in [1.82, 2.24) is 4.57 Å². The van der Waals surface area contributed by atoms with E-state index in [1.54, 1.807) is 7.11 Å². The van der Waals surface area contributed by atoms with Gasteiger partial charge >= 0.3 is 0 Å². The van der Waals surface area contributed by atoms with Crippen LogP contribution in [0.15, 0.2) is 42.5 Å². The number of nitrogen functional groups attached to an aromatic ring is 1. The van der Waals surface area contributed by atoms with Crippen LogP contribution >= 0.6 is 0 Å². The molecule has 0 amide bonds. The van der Waals surface area contributed by atoms with Crippen LogP contribution in [-0.2, 0) is 10.0 Å². The summed E-state index contributed by atoms with van der Waals surface area (Å²) >= 11 is 0. The predicted molar refractivity (Wildman–Crippen MR) is 117 cm³/mol. The van der Waals surface area contributed by atoms with E-state index in [4.69, 9.17) is 10.5 Å². The molecule has 5 rings (SSSR count). The fourth-order valence-corrected chi connectivity index (χ4v) is 5.47. The number of sulfonamides is 1. The van der Waals surface area contributed by atoms with Crippen LogP contribution in [-0.4, -0.2) is 25.3 Å². The number of aromatic nitrogens is 1. The third-order valence-electron chi connectivity index (χ3n) is 6.07. The minimum absolute atomic E-state index is 0.242. The molecular formula is C22H25N3O3S. The Kier molecular flexibility index (Phi) is 4.24. The molecule has 3 N–H and O–H groups in total. The summed E-state index contributed by atoms with van der Waals surface area (Å²) in [7, 11) is -1.61. The number of anilines is 2. The number of ether oxygens (including phenoxy) is 1. The average Bonchev–Trinajstić information content (AvgIpc) is 3.49. The molecule has 1 aromatic heterocycles. The van der Waals surface area contributed by atoms with Crippen molar-refractivity contribution < 1.29 is 13.2 Å². The molecule has 29 heavy (non-hydrogen) atoms. The van der Waals surface area contributed by atoms with Crippen LogP contribution in [0.4, 0.5) is 11.4 Å². The van der Waals surface area contributed by atoms with Gasteiger partial charge in [0.2, 0.25) is 10.0 Å². The third-order valence-corrected chi connectivity index (χ3v) is 7.94. The Balaban J connectivity index is 1.57. The number of rotatable bonds is 6. The summed E-state index contributed by atoms with van der Waals surface area (Å²) < 4.78 is 34.8. The first-order valence-corrected chi connectivity index (χ1v) is 11.6. The summed E-state index contributed by atoms with van der Waals surface area (Å²) in [6, 6.07) is 14.0. The first-order valence-electron chi connectivity index (χ1n) is 10.1. The first-order chi connectivity index (χ1) is 14.0. The number of hydrogen-bond donors (Lipinski definition) is 2. The van der Waals surface area contributed by atoms with Crippen molar-refractivity contribution >= 4 is 32.3 Å². The third kappa shape index (κ3) is 3.13. The molecular weight excluding hydrogens is 386 g/mol. The highest BCUT2D eigenvalue weighted by molar-refractivity contribution is 7.93. The van der Waals surface area contributed by atoms with Gasteiger partial charge in [-0.25, -0.2) is 8.42 Å². The van der Waals surface area contributed by atoms with Gasteiger partial charge in [0.15, 0.2) is 0 Å². The molecule has 3 aromatic rings. The number of nitrogens with one attached hydrogen (secondary N) is 1.